The van der Waals surface area contributed by atoms with Crippen molar-refractivity contribution in [1.29, 1.82) is 0 Å². The maximum absolute atomic E-state index is 2.78. The molecule has 2 fully saturated rings. The van der Waals surface area contributed by atoms with Gasteiger partial charge in [-0.2, -0.15) is 0 Å². The van der Waals surface area contributed by atoms with Gasteiger partial charge in [0.05, 0.1) is 16.1 Å². The first kappa shape index (κ1) is 13.6. The van der Waals surface area contributed by atoms with Gasteiger partial charge in [0.25, 0.3) is 0 Å². The summed E-state index contributed by atoms with van der Waals surface area (Å²) < 4.78 is 0. The van der Waals surface area contributed by atoms with Crippen LogP contribution in [0.4, 0.5) is 0 Å². The predicted molar refractivity (Wildman–Crippen MR) is 83.7 cm³/mol. The van der Waals surface area contributed by atoms with Crippen LogP contribution in [0.2, 0.25) is 39.3 Å². The first-order valence-electron chi connectivity index (χ1n) is 7.40. The summed E-state index contributed by atoms with van der Waals surface area (Å²) in [5.74, 6) is 3.15. The second kappa shape index (κ2) is 4.38. The van der Waals surface area contributed by atoms with Crippen LogP contribution in [0.25, 0.3) is 0 Å². The summed E-state index contributed by atoms with van der Waals surface area (Å²) in [6, 6.07) is 0. The third-order valence-corrected chi connectivity index (χ3v) is 8.30. The average Bonchev–Trinajstić information content (AvgIpc) is 2.71. The number of hydrogen-bond acceptors (Lipinski definition) is 0. The van der Waals surface area contributed by atoms with Gasteiger partial charge in [0, 0.05) is 0 Å². The highest BCUT2D eigenvalue weighted by molar-refractivity contribution is 6.87. The molecule has 0 spiro atoms. The van der Waals surface area contributed by atoms with Gasteiger partial charge in [-0.25, -0.2) is 0 Å². The first-order valence-corrected chi connectivity index (χ1v) is 14.5. The van der Waals surface area contributed by atoms with E-state index in [1.54, 1.807) is 6.42 Å². The van der Waals surface area contributed by atoms with Gasteiger partial charge >= 0.3 is 0 Å². The predicted octanol–water partition coefficient (Wildman–Crippen LogP) is 5.10. The van der Waals surface area contributed by atoms with Crippen LogP contribution in [0.15, 0.2) is 10.9 Å². The molecular formula is C15H30Si2. The molecule has 17 heavy (non-hydrogen) atoms. The molecule has 3 atom stereocenters. The number of allylic oxidation sites excluding steroid dienone is 1. The molecule has 0 aromatic heterocycles. The highest BCUT2D eigenvalue weighted by Crippen LogP contribution is 2.52. The molecule has 0 aromatic rings. The topological polar surface area (TPSA) is 0 Å². The van der Waals surface area contributed by atoms with Crippen molar-refractivity contribution in [1.82, 2.24) is 0 Å². The van der Waals surface area contributed by atoms with Gasteiger partial charge < -0.3 is 0 Å². The lowest BCUT2D eigenvalue weighted by Gasteiger charge is -2.34. The third kappa shape index (κ3) is 3.14. The Hall–Kier alpha value is 0.174. The van der Waals surface area contributed by atoms with Crippen molar-refractivity contribution in [2.75, 3.05) is 0 Å². The minimum atomic E-state index is -1.10. The minimum Gasteiger partial charge on any atom is -0.0992 e. The van der Waals surface area contributed by atoms with Crippen LogP contribution in [-0.4, -0.2) is 16.1 Å². The van der Waals surface area contributed by atoms with Crippen LogP contribution in [0.5, 0.6) is 0 Å². The van der Waals surface area contributed by atoms with Crippen molar-refractivity contribution < 1.29 is 0 Å². The van der Waals surface area contributed by atoms with E-state index in [1.807, 2.05) is 5.20 Å². The van der Waals surface area contributed by atoms with Gasteiger partial charge in [-0.15, -0.1) is 0 Å². The zero-order chi connectivity index (χ0) is 12.8. The quantitative estimate of drug-likeness (QED) is 0.623. The van der Waals surface area contributed by atoms with E-state index in [9.17, 15) is 0 Å². The number of rotatable bonds is 3. The Morgan fingerprint density at radius 2 is 1.59 bits per heavy atom. The Balaban J connectivity index is 2.26. The molecule has 0 aromatic carbocycles. The molecular weight excluding hydrogens is 236 g/mol. The zero-order valence-electron chi connectivity index (χ0n) is 12.6. The molecule has 2 heteroatoms. The molecule has 0 saturated heterocycles. The van der Waals surface area contributed by atoms with E-state index in [4.69, 9.17) is 0 Å². The van der Waals surface area contributed by atoms with Gasteiger partial charge in [0.2, 0.25) is 0 Å². The largest absolute Gasteiger partial charge is 0.0992 e. The lowest BCUT2D eigenvalue weighted by molar-refractivity contribution is 0.387. The summed E-state index contributed by atoms with van der Waals surface area (Å²) in [6.07, 6.45) is 6.15. The highest BCUT2D eigenvalue weighted by Gasteiger charge is 2.43. The summed E-state index contributed by atoms with van der Waals surface area (Å²) in [5, 5.41) is 1.95. The molecule has 2 rings (SSSR count). The monoisotopic (exact) mass is 266 g/mol. The minimum absolute atomic E-state index is 0.993. The Labute approximate surface area is 110 Å². The molecule has 2 bridgehead atoms. The van der Waals surface area contributed by atoms with E-state index < -0.39 is 16.1 Å². The van der Waals surface area contributed by atoms with Crippen LogP contribution in [0, 0.1) is 17.8 Å². The fourth-order valence-corrected chi connectivity index (χ4v) is 9.62. The Morgan fingerprint density at radius 3 is 1.94 bits per heavy atom. The number of fused-ring (bicyclic) bond motifs is 2. The lowest BCUT2D eigenvalue weighted by atomic mass is 9.89. The summed E-state index contributed by atoms with van der Waals surface area (Å²) >= 11 is 0. The maximum atomic E-state index is 2.78. The number of hydrogen-bond donors (Lipinski definition) is 0. The Kier molecular flexibility index (Phi) is 3.50. The first-order chi connectivity index (χ1) is 7.67. The molecule has 0 radical (unpaired) electrons. The second-order valence-corrected chi connectivity index (χ2v) is 18.6. The lowest BCUT2D eigenvalue weighted by Crippen LogP contribution is -2.34. The standard InChI is InChI=1S/C15H30Si2/c1-16(2,3)11-15(17(4,5)6)14-10-12-7-8-13(14)9-12/h11-14H,7-10H2,1-6H3/b15-11+/t12-,13+,14+/m0/s1. The van der Waals surface area contributed by atoms with Gasteiger partial charge in [-0.1, -0.05) is 56.6 Å². The van der Waals surface area contributed by atoms with Crippen molar-refractivity contribution in [3.05, 3.63) is 10.9 Å². The van der Waals surface area contributed by atoms with Gasteiger partial charge in [0.1, 0.15) is 0 Å². The van der Waals surface area contributed by atoms with E-state index in [-0.39, 0.29) is 0 Å². The average molecular weight is 267 g/mol. The van der Waals surface area contributed by atoms with Gasteiger partial charge in [-0.05, 0) is 37.0 Å². The van der Waals surface area contributed by atoms with Crippen LogP contribution < -0.4 is 0 Å². The molecule has 0 heterocycles. The zero-order valence-corrected chi connectivity index (χ0v) is 14.6. The van der Waals surface area contributed by atoms with Crippen molar-refractivity contribution >= 4 is 16.1 Å². The van der Waals surface area contributed by atoms with Gasteiger partial charge in [0.15, 0.2) is 0 Å². The molecule has 0 amide bonds. The summed E-state index contributed by atoms with van der Waals surface area (Å²) in [4.78, 5) is 0. The third-order valence-electron chi connectivity index (χ3n) is 4.59. The normalized spacial score (nSPS) is 34.5. The van der Waals surface area contributed by atoms with E-state index in [2.05, 4.69) is 45.0 Å². The Bertz CT molecular complexity index is 317. The molecule has 0 N–H and O–H groups in total. The fourth-order valence-electron chi connectivity index (χ4n) is 3.97. The molecule has 0 aliphatic heterocycles. The summed E-state index contributed by atoms with van der Waals surface area (Å²) in [5.41, 5.74) is 2.78. The van der Waals surface area contributed by atoms with E-state index in [1.165, 1.54) is 19.3 Å². The second-order valence-electron chi connectivity index (χ2n) is 8.50. The van der Waals surface area contributed by atoms with E-state index in [0.29, 0.717) is 0 Å². The maximum Gasteiger partial charge on any atom is 0.0719 e. The summed E-state index contributed by atoms with van der Waals surface area (Å²) in [6.45, 7) is 15.2. The van der Waals surface area contributed by atoms with Gasteiger partial charge in [-0.3, -0.25) is 0 Å². The molecule has 2 aliphatic carbocycles. The van der Waals surface area contributed by atoms with E-state index >= 15 is 0 Å². The van der Waals surface area contributed by atoms with Crippen LogP contribution in [0.3, 0.4) is 0 Å². The highest BCUT2D eigenvalue weighted by atomic mass is 28.3. The van der Waals surface area contributed by atoms with Crippen molar-refractivity contribution in [3.8, 4) is 0 Å². The Morgan fingerprint density at radius 1 is 0.941 bits per heavy atom. The van der Waals surface area contributed by atoms with Crippen molar-refractivity contribution in [2.24, 2.45) is 17.8 Å². The SMILES string of the molecule is C[Si](C)(C)/C=C(\[C@@H]1C[C@H]2CC[C@@H]1C2)[Si](C)(C)C. The van der Waals surface area contributed by atoms with Crippen LogP contribution in [0.1, 0.15) is 25.7 Å². The fraction of sp³-hybridized carbons (Fsp3) is 0.867. The molecule has 98 valence electrons. The van der Waals surface area contributed by atoms with Crippen LogP contribution in [-0.2, 0) is 0 Å². The molecule has 2 aliphatic rings. The summed E-state index contributed by atoms with van der Waals surface area (Å²) in [7, 11) is -2.16. The molecule has 2 saturated carbocycles. The smallest absolute Gasteiger partial charge is 0.0719 e. The van der Waals surface area contributed by atoms with Crippen LogP contribution >= 0.6 is 0 Å². The van der Waals surface area contributed by atoms with E-state index in [0.717, 1.165) is 17.8 Å². The van der Waals surface area contributed by atoms with Crippen molar-refractivity contribution in [3.63, 3.8) is 0 Å². The molecule has 0 nitrogen and oxygen atoms in total. The molecule has 0 unspecified atom stereocenters. The van der Waals surface area contributed by atoms with Crippen molar-refractivity contribution in [2.45, 2.75) is 65.0 Å².